The van der Waals surface area contributed by atoms with E-state index in [1.54, 1.807) is 25.5 Å². The molecular weight excluding hydrogens is 388 g/mol. The van der Waals surface area contributed by atoms with Crippen molar-refractivity contribution in [3.63, 3.8) is 0 Å². The van der Waals surface area contributed by atoms with Crippen LogP contribution in [0.4, 0.5) is 5.69 Å². The van der Waals surface area contributed by atoms with Crippen molar-refractivity contribution in [1.29, 1.82) is 0 Å². The van der Waals surface area contributed by atoms with E-state index in [0.717, 1.165) is 39.7 Å². The minimum Gasteiger partial charge on any atom is -0.508 e. The molecule has 3 aliphatic rings. The van der Waals surface area contributed by atoms with E-state index in [-0.39, 0.29) is 5.75 Å². The molecule has 1 unspecified atom stereocenters. The number of amidine groups is 1. The lowest BCUT2D eigenvalue weighted by atomic mass is 9.81. The van der Waals surface area contributed by atoms with Crippen molar-refractivity contribution < 1.29 is 9.84 Å². The number of aromatic hydroxyl groups is 1. The van der Waals surface area contributed by atoms with Crippen LogP contribution in [0.15, 0.2) is 93.8 Å². The summed E-state index contributed by atoms with van der Waals surface area (Å²) in [5, 5.41) is 9.91. The van der Waals surface area contributed by atoms with Crippen LogP contribution in [0, 0.1) is 0 Å². The molecule has 0 fully saturated rings. The summed E-state index contributed by atoms with van der Waals surface area (Å²) in [6.45, 7) is 0. The molecule has 0 saturated carbocycles. The van der Waals surface area contributed by atoms with Crippen molar-refractivity contribution in [3.8, 4) is 11.5 Å². The highest BCUT2D eigenvalue weighted by Gasteiger charge is 2.52. The summed E-state index contributed by atoms with van der Waals surface area (Å²) in [6, 6.07) is 23.1. The van der Waals surface area contributed by atoms with Gasteiger partial charge in [0, 0.05) is 11.8 Å². The van der Waals surface area contributed by atoms with Crippen LogP contribution in [-0.4, -0.2) is 35.1 Å². The van der Waals surface area contributed by atoms with Gasteiger partial charge in [-0.2, -0.15) is 0 Å². The number of nitrogens with zero attached hydrogens (tertiary/aromatic N) is 4. The van der Waals surface area contributed by atoms with Gasteiger partial charge in [0.2, 0.25) is 5.96 Å². The second-order valence-electron chi connectivity index (χ2n) is 7.52. The molecule has 6 heteroatoms. The van der Waals surface area contributed by atoms with E-state index in [0.29, 0.717) is 5.96 Å². The van der Waals surface area contributed by atoms with E-state index in [2.05, 4.69) is 11.1 Å². The number of hydrogen-bond acceptors (Lipinski definition) is 6. The predicted molar refractivity (Wildman–Crippen MR) is 121 cm³/mol. The molecule has 3 heterocycles. The van der Waals surface area contributed by atoms with Crippen molar-refractivity contribution in [2.45, 2.75) is 5.54 Å². The number of fused-ring (bicyclic) bond motifs is 2. The Kier molecular flexibility index (Phi) is 3.65. The number of guanidine groups is 1. The van der Waals surface area contributed by atoms with Crippen LogP contribution in [0.2, 0.25) is 0 Å². The lowest BCUT2D eigenvalue weighted by Gasteiger charge is -2.35. The molecule has 6 rings (SSSR count). The Bertz CT molecular complexity index is 1320. The van der Waals surface area contributed by atoms with E-state index in [9.17, 15) is 5.11 Å². The van der Waals surface area contributed by atoms with Crippen LogP contribution in [0.25, 0.3) is 5.70 Å². The van der Waals surface area contributed by atoms with Crippen molar-refractivity contribution in [2.75, 3.05) is 7.11 Å². The van der Waals surface area contributed by atoms with Crippen molar-refractivity contribution >= 4 is 29.4 Å². The largest absolute Gasteiger partial charge is 0.508 e. The number of phenols is 1. The SMILES string of the molecule is COc1ccc(C2(c3ccc(O)cc3)N=C3N=CC=C4c5ccccc5N=C2N43)cc1. The van der Waals surface area contributed by atoms with E-state index in [1.165, 1.54) is 0 Å². The topological polar surface area (TPSA) is 69.8 Å². The van der Waals surface area contributed by atoms with Crippen LogP contribution in [0.3, 0.4) is 0 Å². The molecule has 3 aliphatic heterocycles. The Morgan fingerprint density at radius 2 is 1.61 bits per heavy atom. The summed E-state index contributed by atoms with van der Waals surface area (Å²) >= 11 is 0. The van der Waals surface area contributed by atoms with Gasteiger partial charge in [0.25, 0.3) is 0 Å². The molecule has 150 valence electrons. The third-order valence-electron chi connectivity index (χ3n) is 5.87. The zero-order valence-corrected chi connectivity index (χ0v) is 16.7. The fraction of sp³-hybridized carbons (Fsp3) is 0.0800. The Morgan fingerprint density at radius 3 is 2.35 bits per heavy atom. The predicted octanol–water partition coefficient (Wildman–Crippen LogP) is 4.49. The molecule has 0 amide bonds. The van der Waals surface area contributed by atoms with Crippen LogP contribution < -0.4 is 4.74 Å². The number of para-hydroxylation sites is 1. The minimum absolute atomic E-state index is 0.200. The molecule has 6 nitrogen and oxygen atoms in total. The Hall–Kier alpha value is -4.19. The Morgan fingerprint density at radius 1 is 0.903 bits per heavy atom. The monoisotopic (exact) mass is 406 g/mol. The van der Waals surface area contributed by atoms with Gasteiger partial charge in [0.05, 0.1) is 18.5 Å². The van der Waals surface area contributed by atoms with Crippen LogP contribution in [0.1, 0.15) is 16.7 Å². The van der Waals surface area contributed by atoms with E-state index >= 15 is 0 Å². The van der Waals surface area contributed by atoms with Crippen LogP contribution >= 0.6 is 0 Å². The highest BCUT2D eigenvalue weighted by atomic mass is 16.5. The molecule has 31 heavy (non-hydrogen) atoms. The number of ether oxygens (including phenoxy) is 1. The molecular formula is C25H18N4O2. The summed E-state index contributed by atoms with van der Waals surface area (Å²) in [6.07, 6.45) is 3.78. The van der Waals surface area contributed by atoms with Gasteiger partial charge in [-0.15, -0.1) is 0 Å². The molecule has 1 N–H and O–H groups in total. The quantitative estimate of drug-likeness (QED) is 0.697. The highest BCUT2D eigenvalue weighted by molar-refractivity contribution is 6.24. The lowest BCUT2D eigenvalue weighted by molar-refractivity contribution is 0.414. The summed E-state index contributed by atoms with van der Waals surface area (Å²) in [4.78, 5) is 16.8. The van der Waals surface area contributed by atoms with Gasteiger partial charge in [-0.1, -0.05) is 42.5 Å². The number of hydrogen-bond donors (Lipinski definition) is 1. The van der Waals surface area contributed by atoms with Gasteiger partial charge in [0.15, 0.2) is 11.4 Å². The van der Waals surface area contributed by atoms with Gasteiger partial charge in [-0.3, -0.25) is 4.90 Å². The first-order chi connectivity index (χ1) is 15.2. The molecule has 0 bridgehead atoms. The smallest absolute Gasteiger partial charge is 0.232 e. The molecule has 0 radical (unpaired) electrons. The third-order valence-corrected chi connectivity index (χ3v) is 5.87. The third kappa shape index (κ3) is 2.42. The molecule has 1 atom stereocenters. The van der Waals surface area contributed by atoms with Gasteiger partial charge in [-0.25, -0.2) is 15.0 Å². The first-order valence-corrected chi connectivity index (χ1v) is 9.98. The highest BCUT2D eigenvalue weighted by Crippen LogP contribution is 2.49. The molecule has 0 saturated heterocycles. The summed E-state index contributed by atoms with van der Waals surface area (Å²) in [5.41, 5.74) is 3.86. The fourth-order valence-corrected chi connectivity index (χ4v) is 4.40. The van der Waals surface area contributed by atoms with E-state index < -0.39 is 5.54 Å². The van der Waals surface area contributed by atoms with E-state index in [4.69, 9.17) is 14.7 Å². The van der Waals surface area contributed by atoms with Gasteiger partial charge >= 0.3 is 0 Å². The van der Waals surface area contributed by atoms with Gasteiger partial charge < -0.3 is 9.84 Å². The molecule has 0 aliphatic carbocycles. The first-order valence-electron chi connectivity index (χ1n) is 9.98. The molecule has 3 aromatic rings. The zero-order chi connectivity index (χ0) is 21.0. The van der Waals surface area contributed by atoms with Crippen molar-refractivity contribution in [1.82, 2.24) is 4.90 Å². The summed E-state index contributed by atoms with van der Waals surface area (Å²) in [7, 11) is 1.65. The molecule has 0 spiro atoms. The first kappa shape index (κ1) is 17.7. The fourth-order valence-electron chi connectivity index (χ4n) is 4.40. The van der Waals surface area contributed by atoms with Crippen molar-refractivity contribution in [2.24, 2.45) is 15.0 Å². The number of methoxy groups -OCH3 is 1. The number of aliphatic imine (C=N–C) groups is 3. The maximum absolute atomic E-state index is 9.91. The number of allylic oxidation sites excluding steroid dienone is 1. The maximum atomic E-state index is 9.91. The molecule has 0 aromatic heterocycles. The van der Waals surface area contributed by atoms with Crippen molar-refractivity contribution in [3.05, 3.63) is 95.6 Å². The number of benzene rings is 3. The lowest BCUT2D eigenvalue weighted by Crippen LogP contribution is -2.42. The Labute approximate surface area is 179 Å². The zero-order valence-electron chi connectivity index (χ0n) is 16.7. The van der Waals surface area contributed by atoms with Crippen LogP contribution in [-0.2, 0) is 5.54 Å². The maximum Gasteiger partial charge on any atom is 0.232 e. The second kappa shape index (κ2) is 6.40. The van der Waals surface area contributed by atoms with Gasteiger partial charge in [-0.05, 0) is 47.5 Å². The summed E-state index contributed by atoms with van der Waals surface area (Å²) < 4.78 is 5.37. The number of rotatable bonds is 3. The standard InChI is InChI=1S/C25H18N4O2/c1-31-19-12-8-17(9-13-19)25(16-6-10-18(30)11-7-16)23-27-21-5-3-2-4-20(21)22-14-15-26-24(28-25)29(22)23/h2-15,30H,1H3. The normalized spacial score (nSPS) is 20.4. The van der Waals surface area contributed by atoms with E-state index in [1.807, 2.05) is 65.6 Å². The van der Waals surface area contributed by atoms with Crippen LogP contribution in [0.5, 0.6) is 11.5 Å². The Balaban J connectivity index is 1.68. The number of phenolic OH excluding ortho intramolecular Hbond substituents is 1. The molecule has 3 aromatic carbocycles. The average Bonchev–Trinajstić information content (AvgIpc) is 3.16. The second-order valence-corrected chi connectivity index (χ2v) is 7.52. The average molecular weight is 406 g/mol. The minimum atomic E-state index is -0.913. The summed E-state index contributed by atoms with van der Waals surface area (Å²) in [5.74, 6) is 2.32. The van der Waals surface area contributed by atoms with Gasteiger partial charge in [0.1, 0.15) is 11.5 Å².